The molecule has 0 unspecified atom stereocenters. The van der Waals surface area contributed by atoms with Crippen LogP contribution in [0.1, 0.15) is 0 Å². The molecular formula is C18H13Cl2O2S+. The van der Waals surface area contributed by atoms with Crippen molar-refractivity contribution in [2.75, 3.05) is 0 Å². The van der Waals surface area contributed by atoms with Gasteiger partial charge in [0.2, 0.25) is 9.79 Å². The summed E-state index contributed by atoms with van der Waals surface area (Å²) in [5, 5.41) is 1.15. The summed E-state index contributed by atoms with van der Waals surface area (Å²) >= 11 is 11.9. The zero-order valence-corrected chi connectivity index (χ0v) is 14.3. The molecule has 116 valence electrons. The van der Waals surface area contributed by atoms with Gasteiger partial charge >= 0.3 is 10.2 Å². The van der Waals surface area contributed by atoms with E-state index in [-0.39, 0.29) is 0 Å². The van der Waals surface area contributed by atoms with Gasteiger partial charge in [-0.1, -0.05) is 41.4 Å². The Morgan fingerprint density at radius 2 is 1.09 bits per heavy atom. The third-order valence-corrected chi connectivity index (χ3v) is 5.92. The van der Waals surface area contributed by atoms with Crippen molar-refractivity contribution in [3.63, 3.8) is 0 Å². The highest BCUT2D eigenvalue weighted by atomic mass is 35.5. The molecule has 0 aliphatic heterocycles. The first-order chi connectivity index (χ1) is 11.1. The van der Waals surface area contributed by atoms with Crippen LogP contribution in [0, 0.1) is 0 Å². The fourth-order valence-electron chi connectivity index (χ4n) is 2.07. The Kier molecular flexibility index (Phi) is 4.71. The maximum absolute atomic E-state index is 13.7. The molecule has 0 saturated carbocycles. The van der Waals surface area contributed by atoms with Crippen LogP contribution in [0.4, 0.5) is 0 Å². The summed E-state index contributed by atoms with van der Waals surface area (Å²) in [6, 6.07) is 22.7. The summed E-state index contributed by atoms with van der Waals surface area (Å²) in [6.45, 7) is 0. The summed E-state index contributed by atoms with van der Waals surface area (Å²) in [4.78, 5) is 1.10. The summed E-state index contributed by atoms with van der Waals surface area (Å²) in [6.07, 6.45) is 0. The predicted octanol–water partition coefficient (Wildman–Crippen LogP) is 5.90. The molecule has 0 aliphatic rings. The number of hydrogen-bond acceptors (Lipinski definition) is 2. The van der Waals surface area contributed by atoms with E-state index in [0.717, 1.165) is 0 Å². The SMILES string of the molecule is O=[S+](Oc1ccccc1)(c1ccc(Cl)cc1)c1ccc(Cl)cc1. The lowest BCUT2D eigenvalue weighted by atomic mass is 10.3. The van der Waals surface area contributed by atoms with E-state index in [9.17, 15) is 4.21 Å². The zero-order valence-electron chi connectivity index (χ0n) is 12.0. The van der Waals surface area contributed by atoms with Crippen LogP contribution in [0.3, 0.4) is 0 Å². The largest absolute Gasteiger partial charge is 0.325 e. The van der Waals surface area contributed by atoms with Gasteiger partial charge in [-0.05, 0) is 64.9 Å². The van der Waals surface area contributed by atoms with Crippen LogP contribution in [0.2, 0.25) is 10.0 Å². The lowest BCUT2D eigenvalue weighted by Gasteiger charge is -2.12. The van der Waals surface area contributed by atoms with Gasteiger partial charge in [0.15, 0.2) is 5.75 Å². The van der Waals surface area contributed by atoms with E-state index in [2.05, 4.69) is 0 Å². The molecule has 3 rings (SSSR count). The van der Waals surface area contributed by atoms with E-state index in [1.807, 2.05) is 18.2 Å². The average Bonchev–Trinajstić information content (AvgIpc) is 2.57. The molecule has 2 nitrogen and oxygen atoms in total. The van der Waals surface area contributed by atoms with Crippen LogP contribution in [0.15, 0.2) is 88.7 Å². The van der Waals surface area contributed by atoms with E-state index < -0.39 is 10.2 Å². The van der Waals surface area contributed by atoms with Crippen molar-refractivity contribution in [2.24, 2.45) is 0 Å². The Morgan fingerprint density at radius 3 is 1.52 bits per heavy atom. The Morgan fingerprint density at radius 1 is 0.652 bits per heavy atom. The van der Waals surface area contributed by atoms with Crippen molar-refractivity contribution >= 4 is 33.4 Å². The van der Waals surface area contributed by atoms with Crippen molar-refractivity contribution in [3.05, 3.63) is 88.9 Å². The van der Waals surface area contributed by atoms with Gasteiger partial charge in [-0.2, -0.15) is 0 Å². The van der Waals surface area contributed by atoms with Gasteiger partial charge in [0.05, 0.1) is 0 Å². The average molecular weight is 364 g/mol. The topological polar surface area (TPSA) is 26.3 Å². The van der Waals surface area contributed by atoms with E-state index in [4.69, 9.17) is 27.4 Å². The predicted molar refractivity (Wildman–Crippen MR) is 94.6 cm³/mol. The van der Waals surface area contributed by atoms with Gasteiger partial charge in [-0.25, -0.2) is 0 Å². The molecule has 0 saturated heterocycles. The normalized spacial score (nSPS) is 11.2. The second-order valence-electron chi connectivity index (χ2n) is 4.81. The first-order valence-corrected chi connectivity index (χ1v) is 9.12. The molecule has 3 aromatic carbocycles. The molecular weight excluding hydrogens is 351 g/mol. The van der Waals surface area contributed by atoms with Crippen molar-refractivity contribution < 1.29 is 8.39 Å². The first kappa shape index (κ1) is 16.1. The third-order valence-electron chi connectivity index (χ3n) is 3.20. The highest BCUT2D eigenvalue weighted by molar-refractivity contribution is 7.99. The molecule has 0 bridgehead atoms. The molecule has 0 fully saturated rings. The molecule has 0 N–H and O–H groups in total. The molecule has 0 spiro atoms. The lowest BCUT2D eigenvalue weighted by molar-refractivity contribution is 0.499. The maximum atomic E-state index is 13.7. The molecule has 0 heterocycles. The van der Waals surface area contributed by atoms with Crippen molar-refractivity contribution in [2.45, 2.75) is 9.79 Å². The summed E-state index contributed by atoms with van der Waals surface area (Å²) in [7, 11) is -2.95. The van der Waals surface area contributed by atoms with Gasteiger partial charge in [-0.3, -0.25) is 4.18 Å². The van der Waals surface area contributed by atoms with Crippen LogP contribution in [0.5, 0.6) is 5.75 Å². The Hall–Kier alpha value is -1.81. The smallest absolute Gasteiger partial charge is 0.275 e. The molecule has 0 amide bonds. The third kappa shape index (κ3) is 3.58. The summed E-state index contributed by atoms with van der Waals surface area (Å²) in [5.74, 6) is 0.530. The first-order valence-electron chi connectivity index (χ1n) is 6.88. The minimum Gasteiger partial charge on any atom is -0.275 e. The number of hydrogen-bond donors (Lipinski definition) is 0. The Bertz CT molecular complexity index is 782. The molecule has 0 aliphatic carbocycles. The van der Waals surface area contributed by atoms with E-state index in [1.54, 1.807) is 60.7 Å². The number of rotatable bonds is 4. The van der Waals surface area contributed by atoms with Crippen molar-refractivity contribution in [3.8, 4) is 5.75 Å². The lowest BCUT2D eigenvalue weighted by Crippen LogP contribution is -2.19. The summed E-state index contributed by atoms with van der Waals surface area (Å²) in [5.41, 5.74) is 0. The zero-order chi connectivity index (χ0) is 16.3. The minimum atomic E-state index is -2.95. The second-order valence-corrected chi connectivity index (χ2v) is 7.80. The summed E-state index contributed by atoms with van der Waals surface area (Å²) < 4.78 is 19.6. The van der Waals surface area contributed by atoms with E-state index >= 15 is 0 Å². The van der Waals surface area contributed by atoms with Crippen LogP contribution in [-0.4, -0.2) is 0 Å². The number of benzene rings is 3. The van der Waals surface area contributed by atoms with Gasteiger partial charge in [0, 0.05) is 10.0 Å². The highest BCUT2D eigenvalue weighted by Crippen LogP contribution is 2.33. The molecule has 5 heteroatoms. The van der Waals surface area contributed by atoms with Gasteiger partial charge < -0.3 is 0 Å². The molecule has 23 heavy (non-hydrogen) atoms. The minimum absolute atomic E-state index is 0.530. The maximum Gasteiger partial charge on any atom is 0.325 e. The highest BCUT2D eigenvalue weighted by Gasteiger charge is 2.38. The Labute approximate surface area is 146 Å². The fourth-order valence-corrected chi connectivity index (χ4v) is 4.16. The van der Waals surface area contributed by atoms with Crippen LogP contribution < -0.4 is 4.18 Å². The molecule has 3 aromatic rings. The van der Waals surface area contributed by atoms with E-state index in [1.165, 1.54) is 0 Å². The fraction of sp³-hybridized carbons (Fsp3) is 0. The van der Waals surface area contributed by atoms with Crippen LogP contribution in [-0.2, 0) is 14.4 Å². The molecule has 0 atom stereocenters. The monoisotopic (exact) mass is 363 g/mol. The quantitative estimate of drug-likeness (QED) is 0.539. The van der Waals surface area contributed by atoms with Crippen LogP contribution in [0.25, 0.3) is 0 Å². The molecule has 0 radical (unpaired) electrons. The number of para-hydroxylation sites is 1. The van der Waals surface area contributed by atoms with Gasteiger partial charge in [-0.15, -0.1) is 0 Å². The van der Waals surface area contributed by atoms with Gasteiger partial charge in [0.1, 0.15) is 0 Å². The van der Waals surface area contributed by atoms with E-state index in [0.29, 0.717) is 25.6 Å². The second kappa shape index (κ2) is 6.75. The standard InChI is InChI=1S/C18H13Cl2O2S/c19-14-6-10-17(11-7-14)23(21,18-12-8-15(20)9-13-18)22-16-4-2-1-3-5-16/h1-13H/q+1. The van der Waals surface area contributed by atoms with Crippen LogP contribution >= 0.6 is 23.2 Å². The van der Waals surface area contributed by atoms with Crippen molar-refractivity contribution in [1.29, 1.82) is 0 Å². The molecule has 0 aromatic heterocycles. The Balaban J connectivity index is 2.10. The number of halogens is 2. The van der Waals surface area contributed by atoms with Crippen molar-refractivity contribution in [1.82, 2.24) is 0 Å². The van der Waals surface area contributed by atoms with Gasteiger partial charge in [0.25, 0.3) is 0 Å².